The molecule has 3 rings (SSSR count). The lowest BCUT2D eigenvalue weighted by atomic mass is 10.2. The normalized spacial score (nSPS) is 11.9. The quantitative estimate of drug-likeness (QED) is 0.661. The molecule has 0 saturated heterocycles. The first-order chi connectivity index (χ1) is 11.9. The second-order valence-electron chi connectivity index (χ2n) is 5.20. The zero-order valence-electron chi connectivity index (χ0n) is 13.1. The fourth-order valence-corrected chi connectivity index (χ4v) is 4.60. The van der Waals surface area contributed by atoms with Crippen LogP contribution in [-0.2, 0) is 9.84 Å². The highest BCUT2D eigenvalue weighted by Crippen LogP contribution is 2.25. The Labute approximate surface area is 153 Å². The van der Waals surface area contributed by atoms with E-state index in [1.165, 1.54) is 19.3 Å². The molecule has 0 bridgehead atoms. The third-order valence-electron chi connectivity index (χ3n) is 3.53. The molecule has 1 aromatic heterocycles. The lowest BCUT2D eigenvalue weighted by molar-refractivity contribution is 0.415. The highest BCUT2D eigenvalue weighted by Gasteiger charge is 2.17. The molecular formula is C18H13ClO4S2. The van der Waals surface area contributed by atoms with E-state index in [4.69, 9.17) is 16.3 Å². The summed E-state index contributed by atoms with van der Waals surface area (Å²) in [5.74, 6) is 0.612. The molecule has 2 aromatic carbocycles. The van der Waals surface area contributed by atoms with Crippen molar-refractivity contribution in [3.05, 3.63) is 74.1 Å². The molecule has 0 fully saturated rings. The lowest BCUT2D eigenvalue weighted by Crippen LogP contribution is -2.09. The summed E-state index contributed by atoms with van der Waals surface area (Å²) in [5.41, 5.74) is 0.676. The van der Waals surface area contributed by atoms with Gasteiger partial charge in [0.2, 0.25) is 9.84 Å². The summed E-state index contributed by atoms with van der Waals surface area (Å²) in [6.45, 7) is 0. The molecule has 25 heavy (non-hydrogen) atoms. The van der Waals surface area contributed by atoms with Gasteiger partial charge in [0.15, 0.2) is 0 Å². The van der Waals surface area contributed by atoms with E-state index in [1.807, 2.05) is 0 Å². The maximum atomic E-state index is 12.5. The number of benzene rings is 2. The van der Waals surface area contributed by atoms with Crippen LogP contribution < -0.4 is 9.48 Å². The fourth-order valence-electron chi connectivity index (χ4n) is 2.21. The zero-order valence-corrected chi connectivity index (χ0v) is 15.5. The van der Waals surface area contributed by atoms with Gasteiger partial charge in [0.05, 0.1) is 7.11 Å². The fraction of sp³-hybridized carbons (Fsp3) is 0.0556. The van der Waals surface area contributed by atoms with E-state index in [1.54, 1.807) is 42.5 Å². The average Bonchev–Trinajstić information content (AvgIpc) is 2.60. The summed E-state index contributed by atoms with van der Waals surface area (Å²) < 4.78 is 30.3. The van der Waals surface area contributed by atoms with Crippen LogP contribution in [0.5, 0.6) is 5.75 Å². The van der Waals surface area contributed by atoms with Gasteiger partial charge in [-0.15, -0.1) is 0 Å². The summed E-state index contributed by atoms with van der Waals surface area (Å²) in [5, 5.41) is 2.27. The van der Waals surface area contributed by atoms with Gasteiger partial charge in [-0.05, 0) is 53.4 Å². The summed E-state index contributed by atoms with van der Waals surface area (Å²) in [6.07, 6.45) is 1.44. The van der Waals surface area contributed by atoms with Crippen molar-refractivity contribution in [3.8, 4) is 5.75 Å². The smallest absolute Gasteiger partial charge is 0.251 e. The number of sulfone groups is 1. The minimum Gasteiger partial charge on any atom is -0.497 e. The number of hydrogen-bond donors (Lipinski definition) is 0. The summed E-state index contributed by atoms with van der Waals surface area (Å²) in [6, 6.07) is 13.3. The van der Waals surface area contributed by atoms with Gasteiger partial charge in [-0.25, -0.2) is 8.42 Å². The van der Waals surface area contributed by atoms with E-state index in [0.717, 1.165) is 16.7 Å². The maximum absolute atomic E-state index is 12.5. The van der Waals surface area contributed by atoms with E-state index < -0.39 is 14.6 Å². The summed E-state index contributed by atoms with van der Waals surface area (Å²) in [7, 11) is -2.32. The first kappa shape index (κ1) is 17.7. The molecule has 0 saturated carbocycles. The van der Waals surface area contributed by atoms with Crippen molar-refractivity contribution < 1.29 is 13.2 Å². The molecule has 0 aliphatic carbocycles. The summed E-state index contributed by atoms with van der Waals surface area (Å²) >= 11 is 6.69. The van der Waals surface area contributed by atoms with E-state index in [2.05, 4.69) is 0 Å². The van der Waals surface area contributed by atoms with Gasteiger partial charge in [0, 0.05) is 15.1 Å². The third kappa shape index (κ3) is 3.92. The highest BCUT2D eigenvalue weighted by atomic mass is 35.5. The van der Waals surface area contributed by atoms with Crippen LogP contribution in [0.15, 0.2) is 63.6 Å². The number of hydrogen-bond acceptors (Lipinski definition) is 5. The van der Waals surface area contributed by atoms with E-state index >= 15 is 0 Å². The van der Waals surface area contributed by atoms with Crippen LogP contribution in [-0.4, -0.2) is 15.5 Å². The van der Waals surface area contributed by atoms with Crippen molar-refractivity contribution in [2.75, 3.05) is 7.11 Å². The molecule has 0 amide bonds. The van der Waals surface area contributed by atoms with Gasteiger partial charge in [0.1, 0.15) is 10.6 Å². The Kier molecular flexibility index (Phi) is 4.94. The van der Waals surface area contributed by atoms with Crippen LogP contribution >= 0.6 is 22.9 Å². The molecule has 0 radical (unpaired) electrons. The Hall–Kier alpha value is -2.15. The largest absolute Gasteiger partial charge is 0.497 e. The van der Waals surface area contributed by atoms with Crippen molar-refractivity contribution >= 4 is 48.9 Å². The van der Waals surface area contributed by atoms with E-state index in [9.17, 15) is 13.2 Å². The van der Waals surface area contributed by atoms with E-state index in [0.29, 0.717) is 26.4 Å². The van der Waals surface area contributed by atoms with Crippen LogP contribution in [0.4, 0.5) is 0 Å². The summed E-state index contributed by atoms with van der Waals surface area (Å²) in [4.78, 5) is 12.0. The highest BCUT2D eigenvalue weighted by molar-refractivity contribution is 7.94. The Morgan fingerprint density at radius 2 is 1.80 bits per heavy atom. The number of methoxy groups -OCH3 is 1. The number of fused-ring (bicyclic) bond motifs is 1. The lowest BCUT2D eigenvalue weighted by Gasteiger charge is -2.03. The topological polar surface area (TPSA) is 60.4 Å². The zero-order chi connectivity index (χ0) is 18.0. The first-order valence-corrected chi connectivity index (χ1v) is 9.94. The molecule has 0 N–H and O–H groups in total. The van der Waals surface area contributed by atoms with Crippen molar-refractivity contribution in [1.82, 2.24) is 0 Å². The van der Waals surface area contributed by atoms with Gasteiger partial charge in [-0.2, -0.15) is 0 Å². The number of rotatable bonds is 4. The van der Waals surface area contributed by atoms with Crippen molar-refractivity contribution in [2.45, 2.75) is 4.90 Å². The SMILES string of the molecule is COc1ccc2cc(S(=O)(=O)/C=C/c3ccc(Cl)cc3)c(=O)sc2c1. The molecule has 0 aliphatic rings. The maximum Gasteiger partial charge on any atom is 0.251 e. The van der Waals surface area contributed by atoms with Gasteiger partial charge < -0.3 is 4.74 Å². The number of ether oxygens (including phenoxy) is 1. The van der Waals surface area contributed by atoms with Crippen LogP contribution in [0.3, 0.4) is 0 Å². The van der Waals surface area contributed by atoms with Crippen LogP contribution in [0.1, 0.15) is 5.56 Å². The van der Waals surface area contributed by atoms with Gasteiger partial charge in [0.25, 0.3) is 4.74 Å². The molecule has 0 aliphatic heterocycles. The second-order valence-corrected chi connectivity index (χ2v) is 8.45. The van der Waals surface area contributed by atoms with Crippen molar-refractivity contribution in [2.24, 2.45) is 0 Å². The predicted octanol–water partition coefficient (Wildman–Crippen LogP) is 4.37. The molecule has 7 heteroatoms. The van der Waals surface area contributed by atoms with Crippen molar-refractivity contribution in [3.63, 3.8) is 0 Å². The molecule has 128 valence electrons. The Morgan fingerprint density at radius 3 is 2.48 bits per heavy atom. The molecular weight excluding hydrogens is 380 g/mol. The Morgan fingerprint density at radius 1 is 1.08 bits per heavy atom. The molecule has 0 unspecified atom stereocenters. The van der Waals surface area contributed by atoms with Crippen molar-refractivity contribution in [1.29, 1.82) is 0 Å². The van der Waals surface area contributed by atoms with Gasteiger partial charge >= 0.3 is 0 Å². The number of halogens is 1. The van der Waals surface area contributed by atoms with Crippen LogP contribution in [0.2, 0.25) is 5.02 Å². The van der Waals surface area contributed by atoms with E-state index in [-0.39, 0.29) is 4.90 Å². The Balaban J connectivity index is 2.03. The molecule has 4 nitrogen and oxygen atoms in total. The monoisotopic (exact) mass is 392 g/mol. The minimum atomic E-state index is -3.85. The molecule has 3 aromatic rings. The molecule has 0 spiro atoms. The predicted molar refractivity (Wildman–Crippen MR) is 102 cm³/mol. The van der Waals surface area contributed by atoms with Gasteiger partial charge in [-0.1, -0.05) is 35.1 Å². The standard InChI is InChI=1S/C18H13ClO4S2/c1-23-15-7-4-13-10-17(18(20)24-16(13)11-15)25(21,22)9-8-12-2-5-14(19)6-3-12/h2-11H,1H3/b9-8+. The first-order valence-electron chi connectivity index (χ1n) is 7.20. The molecule has 1 heterocycles. The molecule has 0 atom stereocenters. The third-order valence-corrected chi connectivity index (χ3v) is 6.30. The Bertz CT molecular complexity index is 1110. The van der Waals surface area contributed by atoms with Crippen LogP contribution in [0, 0.1) is 0 Å². The second kappa shape index (κ2) is 7.00. The average molecular weight is 393 g/mol. The van der Waals surface area contributed by atoms with Gasteiger partial charge in [-0.3, -0.25) is 4.79 Å². The minimum absolute atomic E-state index is 0.236. The van der Waals surface area contributed by atoms with Crippen LogP contribution in [0.25, 0.3) is 16.2 Å².